The first-order valence-electron chi connectivity index (χ1n) is 3.28. The highest BCUT2D eigenvalue weighted by molar-refractivity contribution is 6.57. The summed E-state index contributed by atoms with van der Waals surface area (Å²) in [6.07, 6.45) is 0. The number of amides is 1. The molecule has 1 aromatic carbocycles. The number of primary amides is 1. The summed E-state index contributed by atoms with van der Waals surface area (Å²) >= 11 is 11.4. The van der Waals surface area contributed by atoms with E-state index in [1.165, 1.54) is 0 Å². The summed E-state index contributed by atoms with van der Waals surface area (Å²) in [4.78, 5) is 10.8. The van der Waals surface area contributed by atoms with Crippen molar-refractivity contribution in [3.05, 3.63) is 35.9 Å². The van der Waals surface area contributed by atoms with Gasteiger partial charge >= 0.3 is 0 Å². The zero-order valence-electron chi connectivity index (χ0n) is 6.54. The van der Waals surface area contributed by atoms with E-state index in [9.17, 15) is 4.79 Å². The number of hydrogen-bond donors (Lipinski definition) is 1. The lowest BCUT2D eigenvalue weighted by Crippen LogP contribution is -2.30. The standard InChI is InChI=1S/C8H7Cl2NO.ClH/c9-8(10,7(11)12)6-4-2-1-3-5-6;/h1-5H,(H2,11,12);1H. The molecule has 0 aliphatic carbocycles. The highest BCUT2D eigenvalue weighted by Crippen LogP contribution is 2.32. The molecule has 0 fully saturated rings. The molecular formula is C8H8Cl3NO. The largest absolute Gasteiger partial charge is 0.367 e. The molecule has 0 atom stereocenters. The van der Waals surface area contributed by atoms with E-state index in [4.69, 9.17) is 28.9 Å². The van der Waals surface area contributed by atoms with Crippen LogP contribution in [0.3, 0.4) is 0 Å². The van der Waals surface area contributed by atoms with Gasteiger partial charge in [0.15, 0.2) is 0 Å². The monoisotopic (exact) mass is 239 g/mol. The first kappa shape index (κ1) is 12.6. The topological polar surface area (TPSA) is 43.1 Å². The van der Waals surface area contributed by atoms with Crippen molar-refractivity contribution in [3.63, 3.8) is 0 Å². The lowest BCUT2D eigenvalue weighted by molar-refractivity contribution is -0.118. The van der Waals surface area contributed by atoms with Gasteiger partial charge in [0.2, 0.25) is 4.33 Å². The molecule has 5 heteroatoms. The van der Waals surface area contributed by atoms with E-state index >= 15 is 0 Å². The van der Waals surface area contributed by atoms with Crippen molar-refractivity contribution in [3.8, 4) is 0 Å². The molecule has 0 aromatic heterocycles. The second-order valence-corrected chi connectivity index (χ2v) is 3.63. The van der Waals surface area contributed by atoms with Crippen LogP contribution in [-0.4, -0.2) is 5.91 Å². The molecule has 0 unspecified atom stereocenters. The van der Waals surface area contributed by atoms with E-state index in [-0.39, 0.29) is 12.4 Å². The lowest BCUT2D eigenvalue weighted by Gasteiger charge is -2.14. The molecule has 13 heavy (non-hydrogen) atoms. The van der Waals surface area contributed by atoms with Crippen molar-refractivity contribution < 1.29 is 4.79 Å². The Labute approximate surface area is 92.4 Å². The van der Waals surface area contributed by atoms with Crippen LogP contribution in [0.4, 0.5) is 0 Å². The third-order valence-corrected chi connectivity index (χ3v) is 2.25. The molecular weight excluding hydrogens is 232 g/mol. The Balaban J connectivity index is 0.00000144. The second kappa shape index (κ2) is 4.70. The van der Waals surface area contributed by atoms with Crippen molar-refractivity contribution in [1.82, 2.24) is 0 Å². The minimum Gasteiger partial charge on any atom is -0.367 e. The van der Waals surface area contributed by atoms with Crippen molar-refractivity contribution in [2.24, 2.45) is 5.73 Å². The molecule has 0 spiro atoms. The summed E-state index contributed by atoms with van der Waals surface area (Å²) in [7, 11) is 0. The van der Waals surface area contributed by atoms with Gasteiger partial charge in [0.1, 0.15) is 0 Å². The summed E-state index contributed by atoms with van der Waals surface area (Å²) in [6.45, 7) is 0. The molecule has 72 valence electrons. The average molecular weight is 241 g/mol. The third kappa shape index (κ3) is 2.76. The normalized spacial score (nSPS) is 10.3. The molecule has 1 amide bonds. The van der Waals surface area contributed by atoms with Gasteiger partial charge in [-0.25, -0.2) is 0 Å². The number of benzene rings is 1. The maximum absolute atomic E-state index is 10.8. The van der Waals surface area contributed by atoms with Crippen LogP contribution in [0.25, 0.3) is 0 Å². The first-order valence-corrected chi connectivity index (χ1v) is 4.04. The smallest absolute Gasteiger partial charge is 0.258 e. The third-order valence-electron chi connectivity index (χ3n) is 1.45. The van der Waals surface area contributed by atoms with Gasteiger partial charge in [0, 0.05) is 0 Å². The second-order valence-electron chi connectivity index (χ2n) is 2.30. The SMILES string of the molecule is Cl.NC(=O)C(Cl)(Cl)c1ccccc1. The van der Waals surface area contributed by atoms with Crippen molar-refractivity contribution >= 4 is 41.5 Å². The van der Waals surface area contributed by atoms with E-state index in [1.54, 1.807) is 30.3 Å². The van der Waals surface area contributed by atoms with Crippen LogP contribution in [0.5, 0.6) is 0 Å². The molecule has 0 heterocycles. The van der Waals surface area contributed by atoms with Crippen LogP contribution in [0.1, 0.15) is 5.56 Å². The number of hydrogen-bond acceptors (Lipinski definition) is 1. The Morgan fingerprint density at radius 1 is 1.23 bits per heavy atom. The lowest BCUT2D eigenvalue weighted by atomic mass is 10.1. The van der Waals surface area contributed by atoms with E-state index < -0.39 is 10.2 Å². The Bertz CT molecular complexity index is 287. The predicted octanol–water partition coefficient (Wildman–Crippen LogP) is 2.22. The van der Waals surface area contributed by atoms with Gasteiger partial charge in [-0.1, -0.05) is 53.5 Å². The molecule has 0 bridgehead atoms. The van der Waals surface area contributed by atoms with Gasteiger partial charge in [0.05, 0.1) is 0 Å². The molecule has 2 nitrogen and oxygen atoms in total. The van der Waals surface area contributed by atoms with Crippen LogP contribution >= 0.6 is 35.6 Å². The van der Waals surface area contributed by atoms with Crippen LogP contribution in [0.15, 0.2) is 30.3 Å². The van der Waals surface area contributed by atoms with Crippen molar-refractivity contribution in [1.29, 1.82) is 0 Å². The molecule has 0 saturated heterocycles. The van der Waals surface area contributed by atoms with Crippen LogP contribution < -0.4 is 5.73 Å². The fourth-order valence-electron chi connectivity index (χ4n) is 0.790. The average Bonchev–Trinajstić information content (AvgIpc) is 2.06. The van der Waals surface area contributed by atoms with Gasteiger partial charge in [-0.3, -0.25) is 4.79 Å². The molecule has 2 N–H and O–H groups in total. The Morgan fingerprint density at radius 2 is 1.69 bits per heavy atom. The predicted molar refractivity (Wildman–Crippen MR) is 56.3 cm³/mol. The highest BCUT2D eigenvalue weighted by Gasteiger charge is 2.33. The van der Waals surface area contributed by atoms with Gasteiger partial charge < -0.3 is 5.73 Å². The van der Waals surface area contributed by atoms with Crippen LogP contribution in [-0.2, 0) is 9.13 Å². The molecule has 1 aromatic rings. The van der Waals surface area contributed by atoms with Gasteiger partial charge in [-0.2, -0.15) is 0 Å². The molecule has 1 rings (SSSR count). The molecule has 0 aliphatic rings. The maximum atomic E-state index is 10.8. The minimum atomic E-state index is -1.62. The Kier molecular flexibility index (Phi) is 4.54. The minimum absolute atomic E-state index is 0. The Morgan fingerprint density at radius 3 is 2.08 bits per heavy atom. The van der Waals surface area contributed by atoms with Crippen LogP contribution in [0, 0.1) is 0 Å². The zero-order chi connectivity index (χ0) is 9.19. The van der Waals surface area contributed by atoms with Crippen LogP contribution in [0.2, 0.25) is 0 Å². The van der Waals surface area contributed by atoms with E-state index in [2.05, 4.69) is 0 Å². The van der Waals surface area contributed by atoms with E-state index in [0.717, 1.165) is 0 Å². The summed E-state index contributed by atoms with van der Waals surface area (Å²) < 4.78 is -1.62. The summed E-state index contributed by atoms with van der Waals surface area (Å²) in [5.74, 6) is -0.767. The van der Waals surface area contributed by atoms with Crippen molar-refractivity contribution in [2.45, 2.75) is 4.33 Å². The highest BCUT2D eigenvalue weighted by atomic mass is 35.5. The summed E-state index contributed by atoms with van der Waals surface area (Å²) in [5, 5.41) is 0. The Hall–Kier alpha value is -0.440. The van der Waals surface area contributed by atoms with Crippen molar-refractivity contribution in [2.75, 3.05) is 0 Å². The summed E-state index contributed by atoms with van der Waals surface area (Å²) in [6, 6.07) is 8.55. The summed E-state index contributed by atoms with van der Waals surface area (Å²) in [5.41, 5.74) is 5.49. The quantitative estimate of drug-likeness (QED) is 0.792. The number of carbonyl (C=O) groups is 1. The molecule has 0 radical (unpaired) electrons. The molecule has 0 saturated carbocycles. The maximum Gasteiger partial charge on any atom is 0.258 e. The number of rotatable bonds is 2. The fraction of sp³-hybridized carbons (Fsp3) is 0.125. The first-order chi connectivity index (χ1) is 5.55. The molecule has 0 aliphatic heterocycles. The number of nitrogens with two attached hydrogens (primary N) is 1. The van der Waals surface area contributed by atoms with Gasteiger partial charge in [0.25, 0.3) is 5.91 Å². The van der Waals surface area contributed by atoms with E-state index in [1.807, 2.05) is 0 Å². The van der Waals surface area contributed by atoms with Gasteiger partial charge in [-0.15, -0.1) is 12.4 Å². The van der Waals surface area contributed by atoms with Gasteiger partial charge in [-0.05, 0) is 5.56 Å². The number of carbonyl (C=O) groups excluding carboxylic acids is 1. The number of alkyl halides is 2. The van der Waals surface area contributed by atoms with E-state index in [0.29, 0.717) is 5.56 Å². The zero-order valence-corrected chi connectivity index (χ0v) is 8.86. The fourth-order valence-corrected chi connectivity index (χ4v) is 1.04. The number of halogens is 3.